The number of hydrogen-bond donors (Lipinski definition) is 3. The van der Waals surface area contributed by atoms with E-state index in [0.717, 1.165) is 25.2 Å². The molecule has 0 spiro atoms. The predicted molar refractivity (Wildman–Crippen MR) is 123 cm³/mol. The third-order valence-corrected chi connectivity index (χ3v) is 5.65. The summed E-state index contributed by atoms with van der Waals surface area (Å²) in [6, 6.07) is 8.35. The number of ether oxygens (including phenoxy) is 2. The molecule has 0 amide bonds. The molecule has 1 saturated heterocycles. The van der Waals surface area contributed by atoms with Crippen molar-refractivity contribution in [2.45, 2.75) is 25.9 Å². The number of H-pyrrole nitrogens is 1. The summed E-state index contributed by atoms with van der Waals surface area (Å²) < 4.78 is 12.0. The van der Waals surface area contributed by atoms with Crippen molar-refractivity contribution in [3.63, 3.8) is 0 Å². The highest BCUT2D eigenvalue weighted by Gasteiger charge is 2.15. The first-order valence-electron chi connectivity index (χ1n) is 11.0. The molecule has 2 aromatic heterocycles. The van der Waals surface area contributed by atoms with Crippen molar-refractivity contribution in [3.05, 3.63) is 45.9 Å². The van der Waals surface area contributed by atoms with E-state index in [9.17, 15) is 4.79 Å². The summed E-state index contributed by atoms with van der Waals surface area (Å²) in [5.41, 5.74) is 8.74. The van der Waals surface area contributed by atoms with Gasteiger partial charge in [0.05, 0.1) is 13.2 Å². The van der Waals surface area contributed by atoms with Gasteiger partial charge in [0, 0.05) is 26.7 Å². The number of aromatic nitrogens is 4. The molecule has 32 heavy (non-hydrogen) atoms. The average Bonchev–Trinajstić information content (AvgIpc) is 3.41. The number of fused-ring (bicyclic) bond motifs is 1. The van der Waals surface area contributed by atoms with E-state index >= 15 is 0 Å². The maximum Gasteiger partial charge on any atom is 0.328 e. The highest BCUT2D eigenvalue weighted by atomic mass is 16.5. The number of aromatic amines is 1. The molecule has 0 unspecified atom stereocenters. The minimum absolute atomic E-state index is 0.121. The van der Waals surface area contributed by atoms with Crippen molar-refractivity contribution in [2.24, 2.45) is 0 Å². The zero-order chi connectivity index (χ0) is 22.3. The lowest BCUT2D eigenvalue weighted by molar-refractivity contribution is 0.141. The molecule has 0 radical (unpaired) electrons. The van der Waals surface area contributed by atoms with E-state index in [4.69, 9.17) is 15.2 Å². The van der Waals surface area contributed by atoms with Crippen molar-refractivity contribution in [3.8, 4) is 6.01 Å². The predicted octanol–water partition coefficient (Wildman–Crippen LogP) is 0.961. The summed E-state index contributed by atoms with van der Waals surface area (Å²) in [6.07, 6.45) is 2.64. The molecule has 4 rings (SSSR count). The smallest absolute Gasteiger partial charge is 0.328 e. The normalized spacial score (nSPS) is 14.4. The van der Waals surface area contributed by atoms with Crippen LogP contribution in [0.1, 0.15) is 24.0 Å². The fourth-order valence-corrected chi connectivity index (χ4v) is 3.88. The zero-order valence-corrected chi connectivity index (χ0v) is 18.5. The Morgan fingerprint density at radius 1 is 1.12 bits per heavy atom. The lowest BCUT2D eigenvalue weighted by Crippen LogP contribution is -2.29. The summed E-state index contributed by atoms with van der Waals surface area (Å²) in [5, 5.41) is 3.50. The first kappa shape index (κ1) is 22.3. The quantitative estimate of drug-likeness (QED) is 0.376. The molecule has 0 atom stereocenters. The molecule has 3 heterocycles. The summed E-state index contributed by atoms with van der Waals surface area (Å²) in [4.78, 5) is 26.2. The Hall–Kier alpha value is -2.95. The molecule has 4 N–H and O–H groups in total. The zero-order valence-electron chi connectivity index (χ0n) is 18.5. The first-order chi connectivity index (χ1) is 15.6. The number of benzene rings is 1. The van der Waals surface area contributed by atoms with E-state index in [2.05, 4.69) is 37.3 Å². The van der Waals surface area contributed by atoms with Crippen molar-refractivity contribution >= 4 is 17.0 Å². The molecule has 172 valence electrons. The van der Waals surface area contributed by atoms with Crippen LogP contribution in [0, 0.1) is 0 Å². The van der Waals surface area contributed by atoms with Crippen molar-refractivity contribution in [1.82, 2.24) is 29.7 Å². The number of anilines is 1. The standard InChI is InChI=1S/C22H31N7O3/c1-31-12-13-32-21-26-19(23)18-20(27-21)29(22(30)25-18)15-17-6-4-16(5-7-17)14-24-8-11-28-9-2-3-10-28/h4-7,24H,2-3,8-15H2,1H3,(H,25,30)(H2,23,26,27). The van der Waals surface area contributed by atoms with Gasteiger partial charge in [-0.3, -0.25) is 4.57 Å². The maximum absolute atomic E-state index is 12.5. The molecule has 1 aliphatic rings. The van der Waals surface area contributed by atoms with Crippen LogP contribution >= 0.6 is 0 Å². The van der Waals surface area contributed by atoms with Gasteiger partial charge in [-0.15, -0.1) is 0 Å². The molecule has 10 nitrogen and oxygen atoms in total. The Balaban J connectivity index is 1.39. The van der Waals surface area contributed by atoms with Gasteiger partial charge in [-0.2, -0.15) is 9.97 Å². The Labute approximate surface area is 186 Å². The summed E-state index contributed by atoms with van der Waals surface area (Å²) in [6.45, 7) is 6.43. The van der Waals surface area contributed by atoms with Crippen LogP contribution in [0.3, 0.4) is 0 Å². The number of nitrogens with zero attached hydrogens (tertiary/aromatic N) is 4. The monoisotopic (exact) mass is 441 g/mol. The number of hydrogen-bond acceptors (Lipinski definition) is 8. The number of nitrogens with one attached hydrogen (secondary N) is 2. The Morgan fingerprint density at radius 2 is 1.88 bits per heavy atom. The lowest BCUT2D eigenvalue weighted by Gasteiger charge is -2.14. The van der Waals surface area contributed by atoms with Crippen LogP contribution in [-0.2, 0) is 17.8 Å². The van der Waals surface area contributed by atoms with Crippen LogP contribution in [0.2, 0.25) is 0 Å². The van der Waals surface area contributed by atoms with Gasteiger partial charge in [0.15, 0.2) is 11.5 Å². The van der Waals surface area contributed by atoms with Crippen LogP contribution in [0.4, 0.5) is 5.82 Å². The molecule has 1 aliphatic heterocycles. The molecular formula is C22H31N7O3. The largest absolute Gasteiger partial charge is 0.461 e. The Morgan fingerprint density at radius 3 is 2.62 bits per heavy atom. The molecular weight excluding hydrogens is 410 g/mol. The third kappa shape index (κ3) is 5.45. The van der Waals surface area contributed by atoms with E-state index in [1.807, 2.05) is 12.1 Å². The van der Waals surface area contributed by atoms with Crippen LogP contribution in [0.15, 0.2) is 29.1 Å². The van der Waals surface area contributed by atoms with Crippen LogP contribution in [0.25, 0.3) is 11.2 Å². The Kier molecular flexibility index (Phi) is 7.35. The molecule has 0 bridgehead atoms. The average molecular weight is 442 g/mol. The number of imidazole rings is 1. The van der Waals surface area contributed by atoms with Gasteiger partial charge in [0.25, 0.3) is 0 Å². The van der Waals surface area contributed by atoms with E-state index < -0.39 is 0 Å². The fraction of sp³-hybridized carbons (Fsp3) is 0.500. The van der Waals surface area contributed by atoms with Crippen LogP contribution in [-0.4, -0.2) is 70.9 Å². The second-order valence-electron chi connectivity index (χ2n) is 7.99. The topological polar surface area (TPSA) is 123 Å². The molecule has 10 heteroatoms. The second-order valence-corrected chi connectivity index (χ2v) is 7.99. The molecule has 3 aromatic rings. The lowest BCUT2D eigenvalue weighted by atomic mass is 10.1. The SMILES string of the molecule is COCCOc1nc(N)c2[nH]c(=O)n(Cc3ccc(CNCCN4CCCC4)cc3)c2n1. The third-order valence-electron chi connectivity index (χ3n) is 5.65. The minimum Gasteiger partial charge on any atom is -0.461 e. The number of nitrogen functional groups attached to an aromatic ring is 1. The van der Waals surface area contributed by atoms with Crippen LogP contribution < -0.4 is 21.5 Å². The van der Waals surface area contributed by atoms with Crippen LogP contribution in [0.5, 0.6) is 6.01 Å². The van der Waals surface area contributed by atoms with Gasteiger partial charge < -0.3 is 30.4 Å². The van der Waals surface area contributed by atoms with Crippen molar-refractivity contribution < 1.29 is 9.47 Å². The summed E-state index contributed by atoms with van der Waals surface area (Å²) >= 11 is 0. The molecule has 1 aromatic carbocycles. The first-order valence-corrected chi connectivity index (χ1v) is 11.0. The second kappa shape index (κ2) is 10.6. The van der Waals surface area contributed by atoms with Gasteiger partial charge in [0.2, 0.25) is 0 Å². The van der Waals surface area contributed by atoms with Gasteiger partial charge >= 0.3 is 11.7 Å². The van der Waals surface area contributed by atoms with Crippen molar-refractivity contribution in [1.29, 1.82) is 0 Å². The maximum atomic E-state index is 12.5. The van der Waals surface area contributed by atoms with Gasteiger partial charge in [-0.25, -0.2) is 4.79 Å². The highest BCUT2D eigenvalue weighted by Crippen LogP contribution is 2.18. The number of nitrogens with two attached hydrogens (primary N) is 1. The molecule has 0 saturated carbocycles. The van der Waals surface area contributed by atoms with E-state index in [0.29, 0.717) is 30.9 Å². The number of methoxy groups -OCH3 is 1. The number of likely N-dealkylation sites (tertiary alicyclic amines) is 1. The molecule has 0 aliphatic carbocycles. The van der Waals surface area contributed by atoms with E-state index in [1.54, 1.807) is 11.7 Å². The highest BCUT2D eigenvalue weighted by molar-refractivity contribution is 5.81. The Bertz CT molecular complexity index is 1070. The number of rotatable bonds is 11. The van der Waals surface area contributed by atoms with Gasteiger partial charge in [-0.05, 0) is 37.1 Å². The summed E-state index contributed by atoms with van der Waals surface area (Å²) in [5.74, 6) is 0.175. The van der Waals surface area contributed by atoms with E-state index in [-0.39, 0.29) is 17.5 Å². The summed E-state index contributed by atoms with van der Waals surface area (Å²) in [7, 11) is 1.58. The minimum atomic E-state index is -0.289. The van der Waals surface area contributed by atoms with Crippen molar-refractivity contribution in [2.75, 3.05) is 52.2 Å². The van der Waals surface area contributed by atoms with Gasteiger partial charge in [0.1, 0.15) is 12.1 Å². The van der Waals surface area contributed by atoms with E-state index in [1.165, 1.54) is 31.5 Å². The molecule has 1 fully saturated rings. The fourth-order valence-electron chi connectivity index (χ4n) is 3.88. The van der Waals surface area contributed by atoms with Gasteiger partial charge in [-0.1, -0.05) is 24.3 Å².